The second-order valence-electron chi connectivity index (χ2n) is 4.15. The summed E-state index contributed by atoms with van der Waals surface area (Å²) >= 11 is 11.8. The fourth-order valence-corrected chi connectivity index (χ4v) is 2.34. The Kier molecular flexibility index (Phi) is 3.71. The molecule has 2 N–H and O–H groups in total. The zero-order valence-electron chi connectivity index (χ0n) is 10.5. The van der Waals surface area contributed by atoms with Crippen molar-refractivity contribution in [2.75, 3.05) is 0 Å². The van der Waals surface area contributed by atoms with Gasteiger partial charge in [-0.25, -0.2) is 14.8 Å². The topological polar surface area (TPSA) is 83.7 Å². The molecule has 2 heterocycles. The lowest BCUT2D eigenvalue weighted by Crippen LogP contribution is -2.05. The number of nitrogens with one attached hydrogen (secondary N) is 2. The number of H-pyrrole nitrogens is 2. The molecule has 3 aromatic rings. The van der Waals surface area contributed by atoms with E-state index in [0.29, 0.717) is 21.6 Å². The first-order valence-electron chi connectivity index (χ1n) is 5.84. The van der Waals surface area contributed by atoms with Crippen molar-refractivity contribution in [2.24, 2.45) is 0 Å². The number of aromatic amines is 2. The number of alkyl halides is 2. The van der Waals surface area contributed by atoms with E-state index in [0.717, 1.165) is 0 Å². The number of rotatable bonds is 3. The average Bonchev–Trinajstić information content (AvgIpc) is 2.84. The van der Waals surface area contributed by atoms with Crippen LogP contribution in [0.15, 0.2) is 23.1 Å². The number of hydrogen-bond acceptors (Lipinski definition) is 4. The summed E-state index contributed by atoms with van der Waals surface area (Å²) in [5.74, 6) is -0.479. The Morgan fingerprint density at radius 3 is 2.59 bits per heavy atom. The normalized spacial score (nSPS) is 11.3. The van der Waals surface area contributed by atoms with Gasteiger partial charge >= 0.3 is 12.3 Å². The van der Waals surface area contributed by atoms with Crippen molar-refractivity contribution < 1.29 is 13.5 Å². The molecule has 0 radical (unpaired) electrons. The van der Waals surface area contributed by atoms with Crippen LogP contribution in [0, 0.1) is 0 Å². The zero-order valence-corrected chi connectivity index (χ0v) is 12.0. The van der Waals surface area contributed by atoms with Crippen LogP contribution in [0.2, 0.25) is 10.2 Å². The maximum absolute atomic E-state index is 12.2. The van der Waals surface area contributed by atoms with Gasteiger partial charge in [0.15, 0.2) is 5.15 Å². The molecule has 0 aliphatic carbocycles. The van der Waals surface area contributed by atoms with E-state index in [1.807, 2.05) is 0 Å². The Labute approximate surface area is 131 Å². The molecule has 0 aliphatic rings. The number of benzene rings is 1. The first-order valence-corrected chi connectivity index (χ1v) is 6.59. The Bertz CT molecular complexity index is 910. The van der Waals surface area contributed by atoms with Crippen LogP contribution >= 0.6 is 23.2 Å². The van der Waals surface area contributed by atoms with Crippen LogP contribution in [0.3, 0.4) is 0 Å². The molecule has 0 saturated heterocycles. The highest BCUT2D eigenvalue weighted by atomic mass is 35.5. The molecular weight excluding hydrogens is 341 g/mol. The van der Waals surface area contributed by atoms with Crippen LogP contribution in [0.25, 0.3) is 22.3 Å². The van der Waals surface area contributed by atoms with Gasteiger partial charge in [0.1, 0.15) is 0 Å². The van der Waals surface area contributed by atoms with Crippen LogP contribution in [-0.2, 0) is 0 Å². The highest BCUT2D eigenvalue weighted by Crippen LogP contribution is 2.31. The second kappa shape index (κ2) is 5.54. The largest absolute Gasteiger partial charge is 0.414 e. The minimum absolute atomic E-state index is 0.267. The number of nitrogens with zero attached hydrogens (tertiary/aromatic N) is 2. The molecule has 0 saturated carbocycles. The van der Waals surface area contributed by atoms with E-state index in [-0.39, 0.29) is 10.8 Å². The quantitative estimate of drug-likeness (QED) is 0.762. The molecule has 10 heteroatoms. The van der Waals surface area contributed by atoms with Crippen LogP contribution in [0.5, 0.6) is 5.88 Å². The molecule has 0 atom stereocenters. The molecule has 22 heavy (non-hydrogen) atoms. The van der Waals surface area contributed by atoms with E-state index in [4.69, 9.17) is 23.2 Å². The van der Waals surface area contributed by atoms with Crippen molar-refractivity contribution in [1.82, 2.24) is 19.9 Å². The minimum atomic E-state index is -3.05. The number of imidazole rings is 1. The molecule has 2 aromatic heterocycles. The lowest BCUT2D eigenvalue weighted by atomic mass is 10.1. The summed E-state index contributed by atoms with van der Waals surface area (Å²) < 4.78 is 28.5. The van der Waals surface area contributed by atoms with Gasteiger partial charge in [0.05, 0.1) is 27.9 Å². The lowest BCUT2D eigenvalue weighted by Gasteiger charge is -2.07. The van der Waals surface area contributed by atoms with Crippen molar-refractivity contribution in [1.29, 1.82) is 0 Å². The van der Waals surface area contributed by atoms with Crippen LogP contribution in [-0.4, -0.2) is 26.5 Å². The van der Waals surface area contributed by atoms with Gasteiger partial charge < -0.3 is 14.7 Å². The summed E-state index contributed by atoms with van der Waals surface area (Å²) in [6.45, 7) is -3.05. The summed E-state index contributed by atoms with van der Waals surface area (Å²) in [6.07, 6.45) is 1.21. The Morgan fingerprint density at radius 2 is 1.91 bits per heavy atom. The van der Waals surface area contributed by atoms with E-state index in [9.17, 15) is 13.6 Å². The standard InChI is InChI=1S/C12H6Cl2F2N4O2/c13-5-2-1-4(7-8(5)20-12(21)19-7)6-3-17-10(9(14)18-6)22-11(15)16/h1-3,11H,(H2,19,20,21). The highest BCUT2D eigenvalue weighted by molar-refractivity contribution is 6.35. The van der Waals surface area contributed by atoms with Gasteiger partial charge in [0.25, 0.3) is 5.88 Å². The number of hydrogen-bond donors (Lipinski definition) is 2. The molecule has 3 rings (SSSR count). The fraction of sp³-hybridized carbons (Fsp3) is 0.0833. The zero-order chi connectivity index (χ0) is 15.9. The third-order valence-corrected chi connectivity index (χ3v) is 3.37. The van der Waals surface area contributed by atoms with Crippen molar-refractivity contribution in [3.8, 4) is 17.1 Å². The third-order valence-electron chi connectivity index (χ3n) is 2.81. The van der Waals surface area contributed by atoms with Crippen molar-refractivity contribution >= 4 is 34.2 Å². The van der Waals surface area contributed by atoms with Crippen LogP contribution in [0.4, 0.5) is 8.78 Å². The molecule has 0 amide bonds. The summed E-state index contributed by atoms with van der Waals surface area (Å²) in [5.41, 5.74) is 1.11. The maximum atomic E-state index is 12.2. The van der Waals surface area contributed by atoms with E-state index in [1.54, 1.807) is 12.1 Å². The first-order chi connectivity index (χ1) is 10.5. The summed E-state index contributed by atoms with van der Waals surface area (Å²) in [4.78, 5) is 24.2. The van der Waals surface area contributed by atoms with Gasteiger partial charge in [-0.15, -0.1) is 0 Å². The first kappa shape index (κ1) is 14.7. The van der Waals surface area contributed by atoms with Crippen molar-refractivity contribution in [3.63, 3.8) is 0 Å². The van der Waals surface area contributed by atoms with Gasteiger partial charge in [0, 0.05) is 5.56 Å². The second-order valence-corrected chi connectivity index (χ2v) is 4.92. The Morgan fingerprint density at radius 1 is 1.18 bits per heavy atom. The molecule has 0 unspecified atom stereocenters. The predicted molar refractivity (Wildman–Crippen MR) is 76.6 cm³/mol. The molecule has 114 valence electrons. The Balaban J connectivity index is 2.14. The lowest BCUT2D eigenvalue weighted by molar-refractivity contribution is -0.0530. The van der Waals surface area contributed by atoms with Gasteiger partial charge in [-0.2, -0.15) is 8.78 Å². The number of aromatic nitrogens is 4. The van der Waals surface area contributed by atoms with Crippen LogP contribution in [0.1, 0.15) is 0 Å². The van der Waals surface area contributed by atoms with Crippen molar-refractivity contribution in [2.45, 2.75) is 6.61 Å². The van der Waals surface area contributed by atoms with Gasteiger partial charge in [-0.1, -0.05) is 23.2 Å². The van der Waals surface area contributed by atoms with Crippen LogP contribution < -0.4 is 10.4 Å². The molecule has 0 spiro atoms. The number of fused-ring (bicyclic) bond motifs is 1. The fourth-order valence-electron chi connectivity index (χ4n) is 1.95. The third kappa shape index (κ3) is 2.62. The predicted octanol–water partition coefficient (Wildman–Crippen LogP) is 3.22. The van der Waals surface area contributed by atoms with E-state index in [1.165, 1.54) is 6.20 Å². The smallest absolute Gasteiger partial charge is 0.388 e. The summed E-state index contributed by atoms with van der Waals surface area (Å²) in [6, 6.07) is 3.16. The van der Waals surface area contributed by atoms with E-state index >= 15 is 0 Å². The number of halogens is 4. The number of ether oxygens (including phenoxy) is 1. The van der Waals surface area contributed by atoms with Gasteiger partial charge in [-0.3, -0.25) is 0 Å². The van der Waals surface area contributed by atoms with Gasteiger partial charge in [0.2, 0.25) is 0 Å². The average molecular weight is 347 g/mol. The molecule has 0 aliphatic heterocycles. The summed E-state index contributed by atoms with van der Waals surface area (Å²) in [5, 5.41) is 0.0209. The van der Waals surface area contributed by atoms with Crippen molar-refractivity contribution in [3.05, 3.63) is 39.0 Å². The summed E-state index contributed by atoms with van der Waals surface area (Å²) in [7, 11) is 0. The van der Waals surface area contributed by atoms with E-state index < -0.39 is 18.2 Å². The molecule has 0 fully saturated rings. The maximum Gasteiger partial charge on any atom is 0.388 e. The van der Waals surface area contributed by atoms with E-state index in [2.05, 4.69) is 24.7 Å². The highest BCUT2D eigenvalue weighted by Gasteiger charge is 2.15. The molecule has 6 nitrogen and oxygen atoms in total. The SMILES string of the molecule is O=c1[nH]c2c(Cl)ccc(-c3cnc(OC(F)F)c(Cl)n3)c2[nH]1. The monoisotopic (exact) mass is 346 g/mol. The van der Waals surface area contributed by atoms with Gasteiger partial charge in [-0.05, 0) is 12.1 Å². The molecule has 0 bridgehead atoms. The Hall–Kier alpha value is -2.19. The molecule has 1 aromatic carbocycles. The minimum Gasteiger partial charge on any atom is -0.414 e. The molecular formula is C12H6Cl2F2N4O2.